The van der Waals surface area contributed by atoms with E-state index in [9.17, 15) is 19.2 Å². The zero-order chi connectivity index (χ0) is 34.9. The van der Waals surface area contributed by atoms with E-state index in [4.69, 9.17) is 11.6 Å². The van der Waals surface area contributed by atoms with E-state index >= 15 is 0 Å². The predicted molar refractivity (Wildman–Crippen MR) is 194 cm³/mol. The van der Waals surface area contributed by atoms with Crippen molar-refractivity contribution in [3.05, 3.63) is 82.0 Å². The first kappa shape index (κ1) is 32.3. The second-order valence-corrected chi connectivity index (χ2v) is 15.5. The lowest BCUT2D eigenvalue weighted by Crippen LogP contribution is -2.52. The van der Waals surface area contributed by atoms with Gasteiger partial charge in [-0.2, -0.15) is 0 Å². The van der Waals surface area contributed by atoms with Gasteiger partial charge >= 0.3 is 6.03 Å². The molecule has 5 aliphatic heterocycles. The number of carbonyl (C=O) groups is 4. The maximum absolute atomic E-state index is 14.0. The Kier molecular flexibility index (Phi) is 7.94. The van der Waals surface area contributed by atoms with E-state index in [1.165, 1.54) is 5.56 Å². The molecule has 3 saturated heterocycles. The Bertz CT molecular complexity index is 1940. The van der Waals surface area contributed by atoms with Crippen LogP contribution in [0.25, 0.3) is 0 Å². The SMILES string of the molecule is O=C1CCC(N2Cc3cc(N4CCC(CN5CCCN(c6cccc(C7(C8CC8)CNc8nccc(Cl)c87)c6)C5=O)CC4)ccc3C2=O)C(=O)N1. The fraction of sp³-hybridized carbons (Fsp3) is 0.462. The number of halogens is 1. The summed E-state index contributed by atoms with van der Waals surface area (Å²) in [6.45, 7) is 5.09. The van der Waals surface area contributed by atoms with Crippen LogP contribution in [0.15, 0.2) is 54.7 Å². The van der Waals surface area contributed by atoms with E-state index in [2.05, 4.69) is 50.8 Å². The van der Waals surface area contributed by atoms with E-state index in [1.807, 2.05) is 28.0 Å². The van der Waals surface area contributed by atoms with Crippen LogP contribution in [0, 0.1) is 11.8 Å². The molecular weight excluding hydrogens is 666 g/mol. The Labute approximate surface area is 302 Å². The number of rotatable bonds is 7. The van der Waals surface area contributed by atoms with Gasteiger partial charge in [-0.3, -0.25) is 24.6 Å². The molecule has 4 fully saturated rings. The molecule has 51 heavy (non-hydrogen) atoms. The Morgan fingerprint density at radius 2 is 1.75 bits per heavy atom. The molecule has 5 amide bonds. The van der Waals surface area contributed by atoms with Crippen LogP contribution in [0.5, 0.6) is 0 Å². The van der Waals surface area contributed by atoms with Gasteiger partial charge in [-0.15, -0.1) is 0 Å². The third-order valence-electron chi connectivity index (χ3n) is 12.1. The molecule has 1 aromatic heterocycles. The van der Waals surface area contributed by atoms with Gasteiger partial charge < -0.3 is 20.0 Å². The number of benzene rings is 2. The zero-order valence-electron chi connectivity index (χ0n) is 28.6. The molecule has 3 aromatic rings. The molecule has 1 aliphatic carbocycles. The number of piperidine rings is 2. The van der Waals surface area contributed by atoms with E-state index in [0.717, 1.165) is 98.2 Å². The number of anilines is 3. The van der Waals surface area contributed by atoms with Crippen LogP contribution >= 0.6 is 11.6 Å². The molecule has 0 spiro atoms. The molecule has 6 aliphatic rings. The quantitative estimate of drug-likeness (QED) is 0.326. The molecule has 2 atom stereocenters. The average Bonchev–Trinajstić information content (AvgIpc) is 3.84. The van der Waals surface area contributed by atoms with Crippen LogP contribution in [-0.4, -0.2) is 83.8 Å². The summed E-state index contributed by atoms with van der Waals surface area (Å²) < 4.78 is 0. The van der Waals surface area contributed by atoms with Crippen LogP contribution in [0.4, 0.5) is 22.0 Å². The number of amides is 5. The largest absolute Gasteiger partial charge is 0.372 e. The molecule has 2 aromatic carbocycles. The number of nitrogens with zero attached hydrogens (tertiary/aromatic N) is 5. The van der Waals surface area contributed by atoms with Crippen molar-refractivity contribution < 1.29 is 19.2 Å². The fourth-order valence-electron chi connectivity index (χ4n) is 9.30. The highest BCUT2D eigenvalue weighted by atomic mass is 35.5. The Hall–Kier alpha value is -4.64. The molecular formula is C39H42ClN7O4. The van der Waals surface area contributed by atoms with Crippen LogP contribution in [0.2, 0.25) is 5.02 Å². The van der Waals surface area contributed by atoms with Crippen LogP contribution in [-0.2, 0) is 21.5 Å². The highest BCUT2D eigenvalue weighted by molar-refractivity contribution is 6.32. The van der Waals surface area contributed by atoms with E-state index in [1.54, 1.807) is 11.1 Å². The van der Waals surface area contributed by atoms with Crippen molar-refractivity contribution in [2.45, 2.75) is 62.9 Å². The minimum Gasteiger partial charge on any atom is -0.372 e. The summed E-state index contributed by atoms with van der Waals surface area (Å²) in [4.78, 5) is 63.9. The summed E-state index contributed by atoms with van der Waals surface area (Å²) in [6, 6.07) is 15.9. The van der Waals surface area contributed by atoms with Crippen molar-refractivity contribution in [3.8, 4) is 0 Å². The summed E-state index contributed by atoms with van der Waals surface area (Å²) in [5.74, 6) is 0.943. The molecule has 264 valence electrons. The number of carbonyl (C=O) groups excluding carboxylic acids is 4. The molecule has 11 nitrogen and oxygen atoms in total. The number of hydrogen-bond donors (Lipinski definition) is 2. The lowest BCUT2D eigenvalue weighted by atomic mass is 9.72. The summed E-state index contributed by atoms with van der Waals surface area (Å²) in [6.07, 6.45) is 7.54. The van der Waals surface area contributed by atoms with Gasteiger partial charge in [0, 0.05) is 91.4 Å². The third-order valence-corrected chi connectivity index (χ3v) is 12.4. The van der Waals surface area contributed by atoms with Crippen molar-refractivity contribution in [1.82, 2.24) is 20.1 Å². The number of pyridine rings is 1. The maximum Gasteiger partial charge on any atom is 0.324 e. The van der Waals surface area contributed by atoms with Gasteiger partial charge in [-0.05, 0) is 97.9 Å². The minimum atomic E-state index is -0.614. The number of imide groups is 1. The number of fused-ring (bicyclic) bond motifs is 2. The van der Waals surface area contributed by atoms with Crippen molar-refractivity contribution in [2.75, 3.05) is 54.4 Å². The number of hydrogen-bond acceptors (Lipinski definition) is 7. The van der Waals surface area contributed by atoms with E-state index < -0.39 is 11.9 Å². The van der Waals surface area contributed by atoms with Crippen molar-refractivity contribution in [2.24, 2.45) is 11.8 Å². The molecule has 2 unspecified atom stereocenters. The highest BCUT2D eigenvalue weighted by Crippen LogP contribution is 2.57. The van der Waals surface area contributed by atoms with Gasteiger partial charge in [0.05, 0.1) is 0 Å². The smallest absolute Gasteiger partial charge is 0.324 e. The summed E-state index contributed by atoms with van der Waals surface area (Å²) >= 11 is 6.82. The molecule has 1 saturated carbocycles. The first-order chi connectivity index (χ1) is 24.8. The lowest BCUT2D eigenvalue weighted by molar-refractivity contribution is -0.136. The minimum absolute atomic E-state index is 0.0785. The molecule has 0 radical (unpaired) electrons. The standard InChI is InChI=1S/C39H42ClN7O4/c40-31-11-14-41-35-34(31)39(23-42-35,26-5-6-26)27-3-1-4-29(20-27)46-16-2-15-45(38(46)51)21-24-12-17-44(18-13-24)28-7-8-30-25(19-28)22-47(37(30)50)32-9-10-33(48)43-36(32)49/h1,3-4,7-8,11,14,19-20,24,26,32H,2,5-6,9-10,12-13,15-18,21-23H2,(H,41,42)(H,43,48,49). The first-order valence-corrected chi connectivity index (χ1v) is 18.8. The second-order valence-electron chi connectivity index (χ2n) is 15.1. The molecule has 9 rings (SSSR count). The summed E-state index contributed by atoms with van der Waals surface area (Å²) in [5, 5.41) is 6.65. The van der Waals surface area contributed by atoms with Crippen LogP contribution in [0.1, 0.15) is 72.0 Å². The van der Waals surface area contributed by atoms with E-state index in [-0.39, 0.29) is 29.7 Å². The molecule has 6 heterocycles. The lowest BCUT2D eigenvalue weighted by Gasteiger charge is -2.40. The van der Waals surface area contributed by atoms with Gasteiger partial charge in [0.25, 0.3) is 5.91 Å². The van der Waals surface area contributed by atoms with Gasteiger partial charge in [0.2, 0.25) is 11.8 Å². The van der Waals surface area contributed by atoms with Crippen LogP contribution < -0.4 is 20.4 Å². The first-order valence-electron chi connectivity index (χ1n) is 18.4. The molecule has 2 N–H and O–H groups in total. The topological polar surface area (TPSA) is 118 Å². The summed E-state index contributed by atoms with van der Waals surface area (Å²) in [5.41, 5.74) is 5.61. The van der Waals surface area contributed by atoms with Crippen LogP contribution in [0.3, 0.4) is 0 Å². The van der Waals surface area contributed by atoms with Crippen molar-refractivity contribution in [3.63, 3.8) is 0 Å². The van der Waals surface area contributed by atoms with Crippen molar-refractivity contribution >= 4 is 52.5 Å². The fourth-order valence-corrected chi connectivity index (χ4v) is 9.61. The second kappa shape index (κ2) is 12.5. The average molecular weight is 708 g/mol. The number of urea groups is 1. The van der Waals surface area contributed by atoms with E-state index in [0.29, 0.717) is 36.9 Å². The zero-order valence-corrected chi connectivity index (χ0v) is 29.3. The van der Waals surface area contributed by atoms with Gasteiger partial charge in [-0.1, -0.05) is 23.7 Å². The third kappa shape index (κ3) is 5.51. The van der Waals surface area contributed by atoms with Gasteiger partial charge in [0.1, 0.15) is 11.9 Å². The van der Waals surface area contributed by atoms with Gasteiger partial charge in [-0.25, -0.2) is 9.78 Å². The number of aromatic nitrogens is 1. The monoisotopic (exact) mass is 707 g/mol. The van der Waals surface area contributed by atoms with Crippen molar-refractivity contribution in [1.29, 1.82) is 0 Å². The predicted octanol–water partition coefficient (Wildman–Crippen LogP) is 5.17. The Morgan fingerprint density at radius 1 is 0.902 bits per heavy atom. The summed E-state index contributed by atoms with van der Waals surface area (Å²) in [7, 11) is 0. The Balaban J connectivity index is 0.847. The highest BCUT2D eigenvalue weighted by Gasteiger charge is 2.53. The molecule has 12 heteroatoms. The maximum atomic E-state index is 14.0. The normalized spacial score (nSPS) is 25.2. The molecule has 0 bridgehead atoms. The van der Waals surface area contributed by atoms with Gasteiger partial charge in [0.15, 0.2) is 0 Å². The number of nitrogens with one attached hydrogen (secondary N) is 2. The Morgan fingerprint density at radius 3 is 2.55 bits per heavy atom.